The molecule has 2 aliphatic rings. The Morgan fingerprint density at radius 2 is 2.09 bits per heavy atom. The fourth-order valence-electron chi connectivity index (χ4n) is 4.13. The van der Waals surface area contributed by atoms with Gasteiger partial charge in [-0.1, -0.05) is 18.2 Å². The van der Waals surface area contributed by atoms with Gasteiger partial charge in [0.25, 0.3) is 0 Å². The van der Waals surface area contributed by atoms with Crippen LogP contribution in [0, 0.1) is 0 Å². The van der Waals surface area contributed by atoms with E-state index in [1.165, 1.54) is 6.33 Å². The van der Waals surface area contributed by atoms with Gasteiger partial charge in [0.1, 0.15) is 31.1 Å². The number of hydrogen-bond acceptors (Lipinski definition) is 10. The summed E-state index contributed by atoms with van der Waals surface area (Å²) in [6.45, 7) is 2.18. The number of imidazole rings is 1. The molecular weight excluding hydrogens is 440 g/mol. The minimum absolute atomic E-state index is 0.0257. The lowest BCUT2D eigenvalue weighted by molar-refractivity contribution is -0.149. The first kappa shape index (κ1) is 22.2. The Morgan fingerprint density at radius 3 is 2.91 bits per heavy atom. The van der Waals surface area contributed by atoms with Crippen LogP contribution in [0.4, 0.5) is 5.82 Å². The molecule has 2 aliphatic heterocycles. The molecule has 0 spiro atoms. The summed E-state index contributed by atoms with van der Waals surface area (Å²) in [6, 6.07) is 9.06. The number of rotatable bonds is 8. The van der Waals surface area contributed by atoms with Crippen LogP contribution >= 0.6 is 0 Å². The molecule has 5 rings (SSSR count). The van der Waals surface area contributed by atoms with Gasteiger partial charge in [-0.25, -0.2) is 19.7 Å². The number of fused-ring (bicyclic) bond motifs is 1. The highest BCUT2D eigenvalue weighted by Crippen LogP contribution is 2.21. The molecule has 0 amide bonds. The Morgan fingerprint density at radius 1 is 1.21 bits per heavy atom. The Bertz CT molecular complexity index is 1150. The second-order valence-corrected chi connectivity index (χ2v) is 8.37. The van der Waals surface area contributed by atoms with E-state index in [-0.39, 0.29) is 31.9 Å². The number of carbonyl (C=O) groups is 2. The van der Waals surface area contributed by atoms with Crippen LogP contribution in [0.2, 0.25) is 0 Å². The third kappa shape index (κ3) is 5.15. The van der Waals surface area contributed by atoms with E-state index in [1.807, 2.05) is 6.07 Å². The van der Waals surface area contributed by atoms with E-state index < -0.39 is 18.0 Å². The number of benzene rings is 1. The van der Waals surface area contributed by atoms with Crippen molar-refractivity contribution in [1.29, 1.82) is 0 Å². The van der Waals surface area contributed by atoms with Crippen LogP contribution in [-0.2, 0) is 25.5 Å². The highest BCUT2D eigenvalue weighted by molar-refractivity contribution is 5.89. The highest BCUT2D eigenvalue weighted by Gasteiger charge is 2.30. The van der Waals surface area contributed by atoms with Crippen molar-refractivity contribution in [3.05, 3.63) is 48.5 Å². The molecule has 3 aromatic rings. The summed E-state index contributed by atoms with van der Waals surface area (Å²) < 4.78 is 18.2. The van der Waals surface area contributed by atoms with Gasteiger partial charge in [-0.2, -0.15) is 0 Å². The smallest absolute Gasteiger partial charge is 0.338 e. The number of anilines is 1. The maximum atomic E-state index is 12.6. The number of aromatic nitrogens is 4. The van der Waals surface area contributed by atoms with Crippen LogP contribution in [0.25, 0.3) is 11.2 Å². The van der Waals surface area contributed by atoms with Gasteiger partial charge < -0.3 is 29.4 Å². The van der Waals surface area contributed by atoms with Gasteiger partial charge in [-0.3, -0.25) is 4.79 Å². The summed E-state index contributed by atoms with van der Waals surface area (Å²) in [6.07, 6.45) is 3.78. The number of nitrogens with one attached hydrogen (secondary N) is 2. The molecule has 2 N–H and O–H groups in total. The Balaban J connectivity index is 1.12. The topological polar surface area (TPSA) is 129 Å². The van der Waals surface area contributed by atoms with Gasteiger partial charge in [0.15, 0.2) is 11.5 Å². The van der Waals surface area contributed by atoms with Crippen molar-refractivity contribution in [2.24, 2.45) is 0 Å². The zero-order valence-corrected chi connectivity index (χ0v) is 18.6. The number of hydrogen-bond donors (Lipinski definition) is 2. The molecule has 0 aliphatic carbocycles. The van der Waals surface area contributed by atoms with E-state index in [2.05, 4.69) is 25.6 Å². The van der Waals surface area contributed by atoms with Gasteiger partial charge in [-0.15, -0.1) is 0 Å². The first-order chi connectivity index (χ1) is 16.7. The molecule has 11 heteroatoms. The van der Waals surface area contributed by atoms with Gasteiger partial charge in [0, 0.05) is 19.0 Å². The Kier molecular flexibility index (Phi) is 6.63. The predicted octanol–water partition coefficient (Wildman–Crippen LogP) is 1.16. The first-order valence-corrected chi connectivity index (χ1v) is 11.3. The maximum Gasteiger partial charge on any atom is 0.338 e. The molecule has 0 saturated carbocycles. The summed E-state index contributed by atoms with van der Waals surface area (Å²) in [4.78, 5) is 37.6. The Labute approximate surface area is 195 Å². The zero-order valence-electron chi connectivity index (χ0n) is 18.6. The quantitative estimate of drug-likeness (QED) is 0.467. The molecule has 0 unspecified atom stereocenters. The van der Waals surface area contributed by atoms with E-state index in [1.54, 1.807) is 35.2 Å². The van der Waals surface area contributed by atoms with Crippen molar-refractivity contribution in [2.45, 2.75) is 37.6 Å². The molecule has 0 bridgehead atoms. The van der Waals surface area contributed by atoms with E-state index >= 15 is 0 Å². The summed E-state index contributed by atoms with van der Waals surface area (Å²) in [5, 5.41) is 6.69. The summed E-state index contributed by atoms with van der Waals surface area (Å²) >= 11 is 0. The van der Waals surface area contributed by atoms with Crippen LogP contribution in [-0.4, -0.2) is 76.0 Å². The first-order valence-electron chi connectivity index (χ1n) is 11.3. The average molecular weight is 466 g/mol. The molecule has 2 saturated heterocycles. The van der Waals surface area contributed by atoms with Crippen LogP contribution in [0.15, 0.2) is 43.0 Å². The summed E-state index contributed by atoms with van der Waals surface area (Å²) in [7, 11) is 0. The standard InChI is InChI=1S/C23H26N6O5/c30-19(34-18-8-17(32-12-18)11-33-23(31)15-4-2-1-3-5-15)10-29-14-27-20-21(25-13-26-22(20)29)28-16-6-7-24-9-16/h1-5,13-14,16-18,24H,6-12H2,(H,25,26,28)/t16-,17+,18-/m1/s1. The number of esters is 2. The number of ether oxygens (including phenoxy) is 3. The molecule has 34 heavy (non-hydrogen) atoms. The summed E-state index contributed by atoms with van der Waals surface area (Å²) in [5.74, 6) is -0.164. The van der Waals surface area contributed by atoms with E-state index in [4.69, 9.17) is 14.2 Å². The highest BCUT2D eigenvalue weighted by atomic mass is 16.6. The Hall–Kier alpha value is -3.57. The molecule has 11 nitrogen and oxygen atoms in total. The lowest BCUT2D eigenvalue weighted by atomic mass is 10.2. The van der Waals surface area contributed by atoms with E-state index in [0.717, 1.165) is 19.5 Å². The van der Waals surface area contributed by atoms with Gasteiger partial charge >= 0.3 is 11.9 Å². The lowest BCUT2D eigenvalue weighted by Crippen LogP contribution is -2.23. The molecule has 1 aromatic carbocycles. The monoisotopic (exact) mass is 466 g/mol. The normalized spacial score (nSPS) is 22.1. The molecule has 0 radical (unpaired) electrons. The van der Waals surface area contributed by atoms with E-state index in [0.29, 0.717) is 29.0 Å². The third-order valence-corrected chi connectivity index (χ3v) is 5.85. The maximum absolute atomic E-state index is 12.6. The SMILES string of the molecule is O=C(Cn1cnc2c(N[C@@H]3CCNC3)ncnc21)O[C@H]1CO[C@H](COC(=O)c2ccccc2)C1. The minimum atomic E-state index is -0.414. The second-order valence-electron chi connectivity index (χ2n) is 8.37. The van der Waals surface area contributed by atoms with Crippen LogP contribution in [0.3, 0.4) is 0 Å². The van der Waals surface area contributed by atoms with Crippen LogP contribution in [0.1, 0.15) is 23.2 Å². The largest absolute Gasteiger partial charge is 0.459 e. The molecule has 2 fully saturated rings. The average Bonchev–Trinajstić information content (AvgIpc) is 3.61. The third-order valence-electron chi connectivity index (χ3n) is 5.85. The van der Waals surface area contributed by atoms with Crippen LogP contribution < -0.4 is 10.6 Å². The molecule has 4 heterocycles. The molecule has 2 aromatic heterocycles. The molecule has 178 valence electrons. The number of carbonyl (C=O) groups excluding carboxylic acids is 2. The van der Waals surface area contributed by atoms with Crippen molar-refractivity contribution >= 4 is 28.9 Å². The van der Waals surface area contributed by atoms with Gasteiger partial charge in [-0.05, 0) is 25.1 Å². The van der Waals surface area contributed by atoms with Gasteiger partial charge in [0.05, 0.1) is 24.6 Å². The van der Waals surface area contributed by atoms with Crippen molar-refractivity contribution < 1.29 is 23.8 Å². The van der Waals surface area contributed by atoms with Crippen molar-refractivity contribution in [2.75, 3.05) is 31.6 Å². The van der Waals surface area contributed by atoms with E-state index in [9.17, 15) is 9.59 Å². The fourth-order valence-corrected chi connectivity index (χ4v) is 4.13. The van der Waals surface area contributed by atoms with Crippen molar-refractivity contribution in [3.63, 3.8) is 0 Å². The zero-order chi connectivity index (χ0) is 23.3. The van der Waals surface area contributed by atoms with Crippen LogP contribution in [0.5, 0.6) is 0 Å². The lowest BCUT2D eigenvalue weighted by Gasteiger charge is -2.13. The second kappa shape index (κ2) is 10.1. The minimum Gasteiger partial charge on any atom is -0.459 e. The number of nitrogens with zero attached hydrogens (tertiary/aromatic N) is 4. The van der Waals surface area contributed by atoms with Crippen molar-refractivity contribution in [3.8, 4) is 0 Å². The molecular formula is C23H26N6O5. The fraction of sp³-hybridized carbons (Fsp3) is 0.435. The predicted molar refractivity (Wildman–Crippen MR) is 121 cm³/mol. The molecule has 3 atom stereocenters. The van der Waals surface area contributed by atoms with Crippen molar-refractivity contribution in [1.82, 2.24) is 24.8 Å². The van der Waals surface area contributed by atoms with Gasteiger partial charge in [0.2, 0.25) is 0 Å². The summed E-state index contributed by atoms with van der Waals surface area (Å²) in [5.41, 5.74) is 1.67.